The zero-order valence-electron chi connectivity index (χ0n) is 12.1. The normalized spacial score (nSPS) is 10.5. The third-order valence-corrected chi connectivity index (χ3v) is 3.20. The van der Waals surface area contributed by atoms with E-state index in [1.807, 2.05) is 30.3 Å². The Morgan fingerprint density at radius 2 is 1.58 bits per heavy atom. The molecule has 0 atom stereocenters. The summed E-state index contributed by atoms with van der Waals surface area (Å²) in [6, 6.07) is 12.6. The molecule has 0 amide bonds. The van der Waals surface area contributed by atoms with Gasteiger partial charge in [-0.15, -0.1) is 10.2 Å². The van der Waals surface area contributed by atoms with E-state index in [0.717, 1.165) is 11.6 Å². The van der Waals surface area contributed by atoms with Gasteiger partial charge in [-0.25, -0.2) is 0 Å². The summed E-state index contributed by atoms with van der Waals surface area (Å²) in [7, 11) is 0. The van der Waals surface area contributed by atoms with Crippen molar-refractivity contribution < 1.29 is 9.85 Å². The molecular formula is C14H10N6O4. The summed E-state index contributed by atoms with van der Waals surface area (Å²) < 4.78 is 0. The number of aromatic nitrogens is 4. The molecule has 0 bridgehead atoms. The van der Waals surface area contributed by atoms with Crippen LogP contribution in [0.2, 0.25) is 0 Å². The molecule has 0 unspecified atom stereocenters. The molecule has 0 N–H and O–H groups in total. The van der Waals surface area contributed by atoms with E-state index < -0.39 is 21.2 Å². The van der Waals surface area contributed by atoms with Crippen molar-refractivity contribution in [1.82, 2.24) is 20.2 Å². The zero-order chi connectivity index (χ0) is 17.1. The van der Waals surface area contributed by atoms with Crippen molar-refractivity contribution in [2.75, 3.05) is 0 Å². The molecule has 3 rings (SSSR count). The molecule has 0 fully saturated rings. The number of nitro groups is 2. The molecule has 0 aliphatic rings. The summed E-state index contributed by atoms with van der Waals surface area (Å²) >= 11 is 0. The lowest BCUT2D eigenvalue weighted by Crippen LogP contribution is -2.03. The summed E-state index contributed by atoms with van der Waals surface area (Å²) in [5, 5.41) is 33.7. The van der Waals surface area contributed by atoms with Gasteiger partial charge in [0.1, 0.15) is 0 Å². The zero-order valence-corrected chi connectivity index (χ0v) is 12.1. The Kier molecular flexibility index (Phi) is 3.93. The minimum atomic E-state index is -0.703. The molecule has 0 saturated heterocycles. The van der Waals surface area contributed by atoms with Crippen LogP contribution in [0.3, 0.4) is 0 Å². The number of hydrogen-bond donors (Lipinski definition) is 0. The largest absolute Gasteiger partial charge is 0.277 e. The van der Waals surface area contributed by atoms with Gasteiger partial charge in [0.05, 0.1) is 22.5 Å². The van der Waals surface area contributed by atoms with Gasteiger partial charge in [-0.1, -0.05) is 30.3 Å². The maximum atomic E-state index is 10.9. The van der Waals surface area contributed by atoms with Gasteiger partial charge in [0.25, 0.3) is 11.4 Å². The van der Waals surface area contributed by atoms with E-state index in [4.69, 9.17) is 0 Å². The topological polar surface area (TPSA) is 130 Å². The maximum absolute atomic E-state index is 10.9. The van der Waals surface area contributed by atoms with E-state index in [1.54, 1.807) is 0 Å². The molecule has 0 aliphatic heterocycles. The van der Waals surface area contributed by atoms with E-state index in [0.29, 0.717) is 6.54 Å². The first-order valence-corrected chi connectivity index (χ1v) is 6.79. The predicted molar refractivity (Wildman–Crippen MR) is 82.1 cm³/mol. The first kappa shape index (κ1) is 15.2. The van der Waals surface area contributed by atoms with Gasteiger partial charge in [-0.05, 0) is 10.8 Å². The fraction of sp³-hybridized carbons (Fsp3) is 0.0714. The Morgan fingerprint density at radius 1 is 0.958 bits per heavy atom. The average Bonchev–Trinajstić information content (AvgIpc) is 3.04. The molecule has 0 spiro atoms. The van der Waals surface area contributed by atoms with E-state index in [9.17, 15) is 20.2 Å². The van der Waals surface area contributed by atoms with Crippen molar-refractivity contribution >= 4 is 11.4 Å². The minimum absolute atomic E-state index is 0.0812. The molecule has 10 nitrogen and oxygen atoms in total. The Bertz CT molecular complexity index is 876. The maximum Gasteiger partial charge on any atom is 0.277 e. The summed E-state index contributed by atoms with van der Waals surface area (Å²) in [4.78, 5) is 21.8. The summed E-state index contributed by atoms with van der Waals surface area (Å²) in [5.74, 6) is 0.0812. The van der Waals surface area contributed by atoms with Crippen LogP contribution in [0.5, 0.6) is 0 Å². The van der Waals surface area contributed by atoms with Crippen LogP contribution >= 0.6 is 0 Å². The van der Waals surface area contributed by atoms with Gasteiger partial charge >= 0.3 is 0 Å². The molecular weight excluding hydrogens is 316 g/mol. The molecule has 0 saturated carbocycles. The third-order valence-electron chi connectivity index (χ3n) is 3.20. The lowest BCUT2D eigenvalue weighted by molar-refractivity contribution is -0.394. The average molecular weight is 326 g/mol. The van der Waals surface area contributed by atoms with Crippen LogP contribution in [0.15, 0.2) is 48.5 Å². The van der Waals surface area contributed by atoms with Crippen LogP contribution in [0.25, 0.3) is 11.4 Å². The second-order valence-corrected chi connectivity index (χ2v) is 4.88. The number of benzene rings is 2. The quantitative estimate of drug-likeness (QED) is 0.519. The summed E-state index contributed by atoms with van der Waals surface area (Å²) in [6.45, 7) is 0.366. The third kappa shape index (κ3) is 3.21. The molecule has 24 heavy (non-hydrogen) atoms. The summed E-state index contributed by atoms with van der Waals surface area (Å²) in [6.07, 6.45) is 0. The number of hydrogen-bond acceptors (Lipinski definition) is 7. The molecule has 0 aliphatic carbocycles. The smallest absolute Gasteiger partial charge is 0.258 e. The van der Waals surface area contributed by atoms with Crippen LogP contribution in [0, 0.1) is 20.2 Å². The molecule has 3 aromatic rings. The van der Waals surface area contributed by atoms with E-state index in [-0.39, 0.29) is 11.4 Å². The monoisotopic (exact) mass is 326 g/mol. The molecule has 0 radical (unpaired) electrons. The van der Waals surface area contributed by atoms with Crippen molar-refractivity contribution in [3.05, 3.63) is 74.3 Å². The highest BCUT2D eigenvalue weighted by molar-refractivity contribution is 5.63. The van der Waals surface area contributed by atoms with Gasteiger partial charge in [0.15, 0.2) is 0 Å². The van der Waals surface area contributed by atoms with E-state index in [1.165, 1.54) is 16.9 Å². The Labute approximate surface area is 134 Å². The van der Waals surface area contributed by atoms with Crippen molar-refractivity contribution in [3.8, 4) is 11.4 Å². The molecule has 1 aromatic heterocycles. The van der Waals surface area contributed by atoms with Crippen molar-refractivity contribution in [3.63, 3.8) is 0 Å². The number of non-ortho nitro benzene ring substituents is 2. The number of nitrogens with zero attached hydrogens (tertiary/aromatic N) is 6. The van der Waals surface area contributed by atoms with Crippen LogP contribution < -0.4 is 0 Å². The second kappa shape index (κ2) is 6.20. The predicted octanol–water partition coefficient (Wildman–Crippen LogP) is 2.20. The van der Waals surface area contributed by atoms with Gasteiger partial charge < -0.3 is 0 Å². The fourth-order valence-electron chi connectivity index (χ4n) is 2.11. The van der Waals surface area contributed by atoms with Gasteiger partial charge in [0.2, 0.25) is 5.82 Å². The Balaban J connectivity index is 1.94. The lowest BCUT2D eigenvalue weighted by atomic mass is 10.1. The highest BCUT2D eigenvalue weighted by atomic mass is 16.6. The van der Waals surface area contributed by atoms with Crippen molar-refractivity contribution in [2.45, 2.75) is 6.54 Å². The molecule has 120 valence electrons. The van der Waals surface area contributed by atoms with Crippen LogP contribution in [-0.2, 0) is 6.54 Å². The number of tetrazole rings is 1. The SMILES string of the molecule is O=[N+]([O-])c1cc(-c2nnn(Cc3ccccc3)n2)cc([N+](=O)[O-])c1. The van der Waals surface area contributed by atoms with Gasteiger partial charge in [-0.2, -0.15) is 4.80 Å². The second-order valence-electron chi connectivity index (χ2n) is 4.88. The van der Waals surface area contributed by atoms with Crippen LogP contribution in [0.1, 0.15) is 5.56 Å². The standard InChI is InChI=1S/C14H10N6O4/c21-19(22)12-6-11(7-13(8-12)20(23)24)14-15-17-18(16-14)9-10-4-2-1-3-5-10/h1-8H,9H2. The van der Waals surface area contributed by atoms with Crippen LogP contribution in [-0.4, -0.2) is 30.1 Å². The number of rotatable bonds is 5. The van der Waals surface area contributed by atoms with E-state index >= 15 is 0 Å². The van der Waals surface area contributed by atoms with E-state index in [2.05, 4.69) is 15.4 Å². The Morgan fingerprint density at radius 3 is 2.17 bits per heavy atom. The summed E-state index contributed by atoms with van der Waals surface area (Å²) in [5.41, 5.74) is 0.305. The number of nitro benzene ring substituents is 2. The fourth-order valence-corrected chi connectivity index (χ4v) is 2.11. The minimum Gasteiger partial charge on any atom is -0.258 e. The Hall–Kier alpha value is -3.69. The van der Waals surface area contributed by atoms with Crippen LogP contribution in [0.4, 0.5) is 11.4 Å². The highest BCUT2D eigenvalue weighted by Gasteiger charge is 2.19. The first-order chi connectivity index (χ1) is 11.5. The molecule has 10 heteroatoms. The van der Waals surface area contributed by atoms with Gasteiger partial charge in [0, 0.05) is 17.7 Å². The van der Waals surface area contributed by atoms with Gasteiger partial charge in [-0.3, -0.25) is 20.2 Å². The van der Waals surface area contributed by atoms with Crippen molar-refractivity contribution in [1.29, 1.82) is 0 Å². The first-order valence-electron chi connectivity index (χ1n) is 6.79. The van der Waals surface area contributed by atoms with Crippen molar-refractivity contribution in [2.24, 2.45) is 0 Å². The highest BCUT2D eigenvalue weighted by Crippen LogP contribution is 2.27. The molecule has 1 heterocycles. The molecule has 2 aromatic carbocycles. The lowest BCUT2D eigenvalue weighted by Gasteiger charge is -1.99.